The van der Waals surface area contributed by atoms with E-state index in [1.54, 1.807) is 0 Å². The zero-order valence-corrected chi connectivity index (χ0v) is 12.7. The first-order valence-corrected chi connectivity index (χ1v) is 9.51. The quantitative estimate of drug-likeness (QED) is 0.754. The lowest BCUT2D eigenvalue weighted by Gasteiger charge is -2.31. The van der Waals surface area contributed by atoms with E-state index in [0.29, 0.717) is 0 Å². The van der Waals surface area contributed by atoms with Crippen molar-refractivity contribution in [2.75, 3.05) is 12.8 Å². The van der Waals surface area contributed by atoms with Crippen molar-refractivity contribution < 1.29 is 18.7 Å². The van der Waals surface area contributed by atoms with E-state index in [0.717, 1.165) is 51.4 Å². The van der Waals surface area contributed by atoms with Gasteiger partial charge in [0.2, 0.25) is 0 Å². The van der Waals surface area contributed by atoms with Crippen LogP contribution >= 0.6 is 7.60 Å². The van der Waals surface area contributed by atoms with Crippen molar-refractivity contribution in [3.05, 3.63) is 0 Å². The van der Waals surface area contributed by atoms with Crippen molar-refractivity contribution in [1.82, 2.24) is 0 Å². The van der Waals surface area contributed by atoms with Gasteiger partial charge in [0.1, 0.15) is 0 Å². The molecule has 19 heavy (non-hydrogen) atoms. The molecule has 2 saturated carbocycles. The van der Waals surface area contributed by atoms with Crippen molar-refractivity contribution in [3.63, 3.8) is 0 Å². The van der Waals surface area contributed by atoms with Crippen LogP contribution in [0.2, 0.25) is 0 Å². The third-order valence-electron chi connectivity index (χ3n) is 4.10. The highest BCUT2D eigenvalue weighted by Gasteiger charge is 2.32. The van der Waals surface area contributed by atoms with Crippen LogP contribution in [0.25, 0.3) is 0 Å². The van der Waals surface area contributed by atoms with Crippen molar-refractivity contribution in [2.24, 2.45) is 0 Å². The van der Waals surface area contributed by atoms with Gasteiger partial charge in [0.05, 0.1) is 25.0 Å². The molecule has 0 saturated heterocycles. The summed E-state index contributed by atoms with van der Waals surface area (Å²) in [6.07, 6.45) is 11.2. The van der Waals surface area contributed by atoms with Gasteiger partial charge >= 0.3 is 7.60 Å². The summed E-state index contributed by atoms with van der Waals surface area (Å²) < 4.78 is 24.3. The van der Waals surface area contributed by atoms with Crippen LogP contribution in [-0.4, -0.2) is 30.1 Å². The van der Waals surface area contributed by atoms with E-state index >= 15 is 0 Å². The first kappa shape index (κ1) is 15.5. The molecular weight excluding hydrogens is 263 g/mol. The number of aliphatic hydroxyl groups is 1. The van der Waals surface area contributed by atoms with E-state index in [4.69, 9.17) is 14.2 Å². The van der Waals surface area contributed by atoms with Crippen LogP contribution in [0, 0.1) is 0 Å². The lowest BCUT2D eigenvalue weighted by molar-refractivity contribution is 0.0772. The zero-order valence-electron chi connectivity index (χ0n) is 11.8. The first-order valence-electron chi connectivity index (χ1n) is 7.78. The first-order chi connectivity index (χ1) is 9.22. The molecule has 2 aliphatic rings. The average Bonchev–Trinajstić information content (AvgIpc) is 2.41. The predicted molar refractivity (Wildman–Crippen MR) is 75.5 cm³/mol. The van der Waals surface area contributed by atoms with Gasteiger partial charge in [-0.25, -0.2) is 0 Å². The molecule has 0 unspecified atom stereocenters. The highest BCUT2D eigenvalue weighted by atomic mass is 31.2. The monoisotopic (exact) mass is 290 g/mol. The van der Waals surface area contributed by atoms with Crippen molar-refractivity contribution >= 4 is 7.60 Å². The Hall–Kier alpha value is 0.110. The molecule has 0 amide bonds. The van der Waals surface area contributed by atoms with Crippen molar-refractivity contribution in [1.29, 1.82) is 0 Å². The third-order valence-corrected chi connectivity index (χ3v) is 6.08. The highest BCUT2D eigenvalue weighted by molar-refractivity contribution is 7.53. The third kappa shape index (κ3) is 5.18. The van der Waals surface area contributed by atoms with Crippen LogP contribution in [0.5, 0.6) is 0 Å². The van der Waals surface area contributed by atoms with Gasteiger partial charge in [-0.3, -0.25) is 4.57 Å². The van der Waals surface area contributed by atoms with E-state index in [9.17, 15) is 4.57 Å². The normalized spacial score (nSPS) is 23.6. The minimum absolute atomic E-state index is 0.0646. The Bertz CT molecular complexity index is 272. The van der Waals surface area contributed by atoms with Crippen LogP contribution in [-0.2, 0) is 13.6 Å². The maximum Gasteiger partial charge on any atom is 0.333 e. The summed E-state index contributed by atoms with van der Waals surface area (Å²) in [4.78, 5) is 0. The molecule has 0 radical (unpaired) electrons. The van der Waals surface area contributed by atoms with E-state index in [1.807, 2.05) is 0 Å². The molecule has 0 atom stereocenters. The number of rotatable bonds is 6. The lowest BCUT2D eigenvalue weighted by Crippen LogP contribution is -2.22. The summed E-state index contributed by atoms with van der Waals surface area (Å²) in [5, 5.41) is 9.13. The molecule has 112 valence electrons. The summed E-state index contributed by atoms with van der Waals surface area (Å²) in [5.41, 5.74) is 0. The van der Waals surface area contributed by atoms with Crippen LogP contribution < -0.4 is 0 Å². The second-order valence-corrected chi connectivity index (χ2v) is 7.88. The Labute approximate surface area is 116 Å². The van der Waals surface area contributed by atoms with Gasteiger partial charge in [-0.05, 0) is 25.7 Å². The molecule has 5 heteroatoms. The van der Waals surface area contributed by atoms with E-state index in [-0.39, 0.29) is 25.0 Å². The topological polar surface area (TPSA) is 55.8 Å². The van der Waals surface area contributed by atoms with Gasteiger partial charge in [0, 0.05) is 0 Å². The van der Waals surface area contributed by atoms with Crippen LogP contribution in [0.15, 0.2) is 0 Å². The van der Waals surface area contributed by atoms with Crippen LogP contribution in [0.1, 0.15) is 64.2 Å². The molecule has 0 aromatic carbocycles. The fourth-order valence-corrected chi connectivity index (χ4v) is 4.88. The molecule has 2 aliphatic carbocycles. The maximum absolute atomic E-state index is 12.7. The average molecular weight is 290 g/mol. The van der Waals surface area contributed by atoms with Gasteiger partial charge in [0.15, 0.2) is 0 Å². The number of hydrogen-bond donors (Lipinski definition) is 1. The molecule has 0 aromatic rings. The Morgan fingerprint density at radius 1 is 0.842 bits per heavy atom. The molecule has 1 N–H and O–H groups in total. The maximum atomic E-state index is 12.7. The Morgan fingerprint density at radius 3 is 1.63 bits per heavy atom. The fourth-order valence-electron chi connectivity index (χ4n) is 3.05. The molecule has 4 nitrogen and oxygen atoms in total. The number of hydrogen-bond acceptors (Lipinski definition) is 4. The van der Waals surface area contributed by atoms with Crippen LogP contribution in [0.4, 0.5) is 0 Å². The molecule has 0 spiro atoms. The predicted octanol–water partition coefficient (Wildman–Crippen LogP) is 3.87. The fraction of sp³-hybridized carbons (Fsp3) is 1.00. The Morgan fingerprint density at radius 2 is 1.26 bits per heavy atom. The van der Waals surface area contributed by atoms with E-state index in [1.165, 1.54) is 12.8 Å². The van der Waals surface area contributed by atoms with Gasteiger partial charge in [-0.1, -0.05) is 38.5 Å². The van der Waals surface area contributed by atoms with Gasteiger partial charge < -0.3 is 14.2 Å². The summed E-state index contributed by atoms with van der Waals surface area (Å²) in [7, 11) is -3.11. The Kier molecular flexibility index (Phi) is 6.34. The Balaban J connectivity index is 1.89. The number of aliphatic hydroxyl groups excluding tert-OH is 1. The molecule has 2 rings (SSSR count). The minimum atomic E-state index is -3.11. The second kappa shape index (κ2) is 7.78. The molecule has 0 aromatic heterocycles. The summed E-state index contributed by atoms with van der Waals surface area (Å²) in [6.45, 7) is -0.128. The lowest BCUT2D eigenvalue weighted by atomic mass is 9.98. The van der Waals surface area contributed by atoms with Crippen LogP contribution in [0.3, 0.4) is 0 Å². The molecule has 2 fully saturated rings. The smallest absolute Gasteiger partial charge is 0.333 e. The minimum Gasteiger partial charge on any atom is -0.396 e. The van der Waals surface area contributed by atoms with E-state index in [2.05, 4.69) is 0 Å². The zero-order chi connectivity index (χ0) is 13.6. The van der Waals surface area contributed by atoms with Gasteiger partial charge in [0.25, 0.3) is 0 Å². The largest absolute Gasteiger partial charge is 0.396 e. The van der Waals surface area contributed by atoms with Gasteiger partial charge in [-0.15, -0.1) is 0 Å². The second-order valence-electron chi connectivity index (χ2n) is 5.79. The van der Waals surface area contributed by atoms with Gasteiger partial charge in [-0.2, -0.15) is 0 Å². The van der Waals surface area contributed by atoms with Crippen molar-refractivity contribution in [2.45, 2.75) is 76.4 Å². The molecule has 0 bridgehead atoms. The van der Waals surface area contributed by atoms with E-state index < -0.39 is 7.60 Å². The van der Waals surface area contributed by atoms with Crippen molar-refractivity contribution in [3.8, 4) is 0 Å². The standard InChI is InChI=1S/C14H27O4P/c15-11-12-19(16,17-13-7-3-1-4-8-13)18-14-9-5-2-6-10-14/h13-15H,1-12H2. The SMILES string of the molecule is O=P(CCO)(OC1CCCCC1)OC1CCCCC1. The highest BCUT2D eigenvalue weighted by Crippen LogP contribution is 2.52. The molecule has 0 heterocycles. The summed E-state index contributed by atoms with van der Waals surface area (Å²) in [5.74, 6) is 0. The molecular formula is C14H27O4P. The summed E-state index contributed by atoms with van der Waals surface area (Å²) in [6, 6.07) is 0. The summed E-state index contributed by atoms with van der Waals surface area (Å²) >= 11 is 0. The molecule has 0 aliphatic heterocycles.